The van der Waals surface area contributed by atoms with E-state index in [1.807, 2.05) is 0 Å². The maximum Gasteiger partial charge on any atom is 0.0838 e. The maximum atomic E-state index is 9.04. The molecule has 2 nitrogen and oxygen atoms in total. The molecule has 1 N–H and O–H groups in total. The van der Waals surface area contributed by atoms with Gasteiger partial charge in [0, 0.05) is 4.88 Å². The lowest BCUT2D eigenvalue weighted by molar-refractivity contribution is -0.0735. The van der Waals surface area contributed by atoms with Crippen LogP contribution >= 0.6 is 11.3 Å². The van der Waals surface area contributed by atoms with Crippen molar-refractivity contribution < 1.29 is 9.84 Å². The van der Waals surface area contributed by atoms with Gasteiger partial charge in [-0.15, -0.1) is 11.3 Å². The van der Waals surface area contributed by atoms with Gasteiger partial charge in [0.1, 0.15) is 0 Å². The van der Waals surface area contributed by atoms with Crippen molar-refractivity contribution in [1.29, 1.82) is 0 Å². The lowest BCUT2D eigenvalue weighted by Crippen LogP contribution is -2.25. The molecule has 3 heteroatoms. The number of aryl methyl sites for hydroxylation is 1. The summed E-state index contributed by atoms with van der Waals surface area (Å²) in [6, 6.07) is 2.19. The molecule has 2 atom stereocenters. The number of thiophene rings is 1. The van der Waals surface area contributed by atoms with Gasteiger partial charge in [0.25, 0.3) is 0 Å². The molecule has 0 aliphatic carbocycles. The van der Waals surface area contributed by atoms with Crippen molar-refractivity contribution in [3.8, 4) is 0 Å². The number of aliphatic hydroxyl groups excluding tert-OH is 1. The van der Waals surface area contributed by atoms with Gasteiger partial charge >= 0.3 is 0 Å². The summed E-state index contributed by atoms with van der Waals surface area (Å²) in [7, 11) is 0. The highest BCUT2D eigenvalue weighted by molar-refractivity contribution is 7.10. The number of aliphatic hydroxyl groups is 1. The molecule has 1 saturated heterocycles. The smallest absolute Gasteiger partial charge is 0.0838 e. The molecule has 0 bridgehead atoms. The van der Waals surface area contributed by atoms with E-state index in [1.54, 1.807) is 11.3 Å². The van der Waals surface area contributed by atoms with E-state index in [9.17, 15) is 0 Å². The van der Waals surface area contributed by atoms with Gasteiger partial charge in [0.05, 0.1) is 18.8 Å². The number of rotatable bonds is 2. The minimum Gasteiger partial charge on any atom is -0.394 e. The minimum absolute atomic E-state index is 0.0500. The summed E-state index contributed by atoms with van der Waals surface area (Å²) in [5.74, 6) is 0. The van der Waals surface area contributed by atoms with E-state index >= 15 is 0 Å². The first-order chi connectivity index (χ1) is 6.79. The first-order valence-electron chi connectivity index (χ1n) is 5.11. The van der Waals surface area contributed by atoms with Crippen molar-refractivity contribution in [3.63, 3.8) is 0 Å². The van der Waals surface area contributed by atoms with E-state index in [0.29, 0.717) is 0 Å². The average molecular weight is 212 g/mol. The molecular weight excluding hydrogens is 196 g/mol. The molecule has 2 unspecified atom stereocenters. The maximum absolute atomic E-state index is 9.04. The van der Waals surface area contributed by atoms with E-state index in [4.69, 9.17) is 9.84 Å². The number of hydrogen-bond acceptors (Lipinski definition) is 3. The van der Waals surface area contributed by atoms with Crippen LogP contribution in [0.3, 0.4) is 0 Å². The third-order valence-electron chi connectivity index (χ3n) is 2.68. The van der Waals surface area contributed by atoms with E-state index in [1.165, 1.54) is 10.4 Å². The SMILES string of the molecule is Cc1cc(C2CCCC(CO)O2)cs1. The molecule has 14 heavy (non-hydrogen) atoms. The Morgan fingerprint density at radius 1 is 1.57 bits per heavy atom. The molecule has 1 fully saturated rings. The fourth-order valence-corrected chi connectivity index (χ4v) is 2.66. The van der Waals surface area contributed by atoms with Crippen LogP contribution in [0.1, 0.15) is 35.8 Å². The molecule has 1 aromatic rings. The second kappa shape index (κ2) is 4.43. The van der Waals surface area contributed by atoms with Gasteiger partial charge in [0.2, 0.25) is 0 Å². The van der Waals surface area contributed by atoms with Gasteiger partial charge in [-0.2, -0.15) is 0 Å². The number of hydrogen-bond donors (Lipinski definition) is 1. The van der Waals surface area contributed by atoms with Crippen LogP contribution in [0, 0.1) is 6.92 Å². The third kappa shape index (κ3) is 2.16. The van der Waals surface area contributed by atoms with Crippen LogP contribution in [0.4, 0.5) is 0 Å². The Bertz CT molecular complexity index is 295. The molecule has 0 amide bonds. The van der Waals surface area contributed by atoms with E-state index in [0.717, 1.165) is 19.3 Å². The zero-order valence-electron chi connectivity index (χ0n) is 8.40. The van der Waals surface area contributed by atoms with Crippen molar-refractivity contribution >= 4 is 11.3 Å². The quantitative estimate of drug-likeness (QED) is 0.816. The third-order valence-corrected chi connectivity index (χ3v) is 3.56. The van der Waals surface area contributed by atoms with E-state index in [2.05, 4.69) is 18.4 Å². The molecular formula is C11H16O2S. The van der Waals surface area contributed by atoms with Gasteiger partial charge in [-0.1, -0.05) is 0 Å². The Morgan fingerprint density at radius 2 is 2.43 bits per heavy atom. The summed E-state index contributed by atoms with van der Waals surface area (Å²) < 4.78 is 5.79. The normalized spacial score (nSPS) is 27.9. The Kier molecular flexibility index (Phi) is 3.21. The van der Waals surface area contributed by atoms with Gasteiger partial charge in [-0.25, -0.2) is 0 Å². The van der Waals surface area contributed by atoms with Crippen molar-refractivity contribution in [2.24, 2.45) is 0 Å². The van der Waals surface area contributed by atoms with Crippen molar-refractivity contribution in [2.75, 3.05) is 6.61 Å². The van der Waals surface area contributed by atoms with E-state index < -0.39 is 0 Å². The monoisotopic (exact) mass is 212 g/mol. The molecule has 0 aromatic carbocycles. The molecule has 1 aliphatic heterocycles. The highest BCUT2D eigenvalue weighted by atomic mass is 32.1. The zero-order chi connectivity index (χ0) is 9.97. The second-order valence-corrected chi connectivity index (χ2v) is 4.97. The van der Waals surface area contributed by atoms with Crippen LogP contribution < -0.4 is 0 Å². The summed E-state index contributed by atoms with van der Waals surface area (Å²) in [6.07, 6.45) is 3.51. The lowest BCUT2D eigenvalue weighted by Gasteiger charge is -2.28. The van der Waals surface area contributed by atoms with Gasteiger partial charge in [0.15, 0.2) is 0 Å². The molecule has 0 saturated carbocycles. The highest BCUT2D eigenvalue weighted by Gasteiger charge is 2.23. The number of ether oxygens (including phenoxy) is 1. The van der Waals surface area contributed by atoms with E-state index in [-0.39, 0.29) is 18.8 Å². The largest absolute Gasteiger partial charge is 0.394 e. The van der Waals surface area contributed by atoms with Crippen LogP contribution in [-0.4, -0.2) is 17.8 Å². The molecule has 0 radical (unpaired) electrons. The highest BCUT2D eigenvalue weighted by Crippen LogP contribution is 2.33. The summed E-state index contributed by atoms with van der Waals surface area (Å²) >= 11 is 1.76. The van der Waals surface area contributed by atoms with Crippen LogP contribution in [0.2, 0.25) is 0 Å². The van der Waals surface area contributed by atoms with Crippen LogP contribution in [0.5, 0.6) is 0 Å². The topological polar surface area (TPSA) is 29.5 Å². The predicted molar refractivity (Wildman–Crippen MR) is 57.6 cm³/mol. The Morgan fingerprint density at radius 3 is 3.07 bits per heavy atom. The fraction of sp³-hybridized carbons (Fsp3) is 0.636. The van der Waals surface area contributed by atoms with Crippen LogP contribution in [-0.2, 0) is 4.74 Å². The molecule has 1 aromatic heterocycles. The Hall–Kier alpha value is -0.380. The Balaban J connectivity index is 2.04. The zero-order valence-corrected chi connectivity index (χ0v) is 9.22. The molecule has 0 spiro atoms. The van der Waals surface area contributed by atoms with Gasteiger partial charge in [-0.3, -0.25) is 0 Å². The first kappa shape index (κ1) is 10.1. The van der Waals surface area contributed by atoms with Gasteiger partial charge in [-0.05, 0) is 43.2 Å². The first-order valence-corrected chi connectivity index (χ1v) is 5.99. The summed E-state index contributed by atoms with van der Waals surface area (Å²) in [5.41, 5.74) is 1.28. The predicted octanol–water partition coefficient (Wildman–Crippen LogP) is 2.66. The molecule has 2 heterocycles. The van der Waals surface area contributed by atoms with Gasteiger partial charge < -0.3 is 9.84 Å². The lowest BCUT2D eigenvalue weighted by atomic mass is 10.0. The van der Waals surface area contributed by atoms with Crippen LogP contribution in [0.15, 0.2) is 11.4 Å². The summed E-state index contributed by atoms with van der Waals surface area (Å²) in [6.45, 7) is 2.26. The molecule has 2 rings (SSSR count). The Labute approximate surface area is 88.5 Å². The average Bonchev–Trinajstić information content (AvgIpc) is 2.65. The van der Waals surface area contributed by atoms with Crippen molar-refractivity contribution in [2.45, 2.75) is 38.4 Å². The minimum atomic E-state index is 0.0500. The van der Waals surface area contributed by atoms with Crippen molar-refractivity contribution in [1.82, 2.24) is 0 Å². The summed E-state index contributed by atoms with van der Waals surface area (Å²) in [5, 5.41) is 11.2. The fourth-order valence-electron chi connectivity index (χ4n) is 1.91. The van der Waals surface area contributed by atoms with Crippen LogP contribution in [0.25, 0.3) is 0 Å². The molecule has 1 aliphatic rings. The standard InChI is InChI=1S/C11H16O2S/c1-8-5-9(7-14-8)11-4-2-3-10(6-12)13-11/h5,7,10-12H,2-4,6H2,1H3. The summed E-state index contributed by atoms with van der Waals surface area (Å²) in [4.78, 5) is 1.33. The molecule has 78 valence electrons. The second-order valence-electron chi connectivity index (χ2n) is 3.85. The van der Waals surface area contributed by atoms with Crippen molar-refractivity contribution in [3.05, 3.63) is 21.9 Å².